The second-order valence-electron chi connectivity index (χ2n) is 6.26. The summed E-state index contributed by atoms with van der Waals surface area (Å²) in [5.41, 5.74) is 0.891. The minimum atomic E-state index is -3.50. The molecule has 3 rings (SSSR count). The van der Waals surface area contributed by atoms with Gasteiger partial charge in [0.05, 0.1) is 5.69 Å². The van der Waals surface area contributed by atoms with Gasteiger partial charge in [-0.2, -0.15) is 0 Å². The highest BCUT2D eigenvalue weighted by atomic mass is 32.2. The number of hydrogen-bond acceptors (Lipinski definition) is 4. The molecule has 0 bridgehead atoms. The molecule has 0 spiro atoms. The summed E-state index contributed by atoms with van der Waals surface area (Å²) >= 11 is 0. The molecule has 0 aromatic carbocycles. The molecule has 1 heterocycles. The van der Waals surface area contributed by atoms with Gasteiger partial charge in [-0.05, 0) is 49.5 Å². The summed E-state index contributed by atoms with van der Waals surface area (Å²) in [6.07, 6.45) is 8.83. The molecule has 116 valence electrons. The van der Waals surface area contributed by atoms with Gasteiger partial charge in [0.25, 0.3) is 0 Å². The third kappa shape index (κ3) is 3.21. The van der Waals surface area contributed by atoms with Crippen LogP contribution in [-0.2, 0) is 10.0 Å². The van der Waals surface area contributed by atoms with Crippen molar-refractivity contribution in [1.29, 1.82) is 0 Å². The summed E-state index contributed by atoms with van der Waals surface area (Å²) in [4.78, 5) is 4.22. The van der Waals surface area contributed by atoms with Gasteiger partial charge in [0.1, 0.15) is 4.90 Å². The first kappa shape index (κ1) is 14.8. The van der Waals surface area contributed by atoms with Crippen LogP contribution in [0.4, 0.5) is 5.69 Å². The number of nitrogens with zero attached hydrogens (tertiary/aromatic N) is 1. The highest BCUT2D eigenvalue weighted by Gasteiger charge is 2.53. The Morgan fingerprint density at radius 3 is 2.76 bits per heavy atom. The van der Waals surface area contributed by atoms with E-state index in [1.165, 1.54) is 19.0 Å². The van der Waals surface area contributed by atoms with Gasteiger partial charge < -0.3 is 5.32 Å². The van der Waals surface area contributed by atoms with Crippen molar-refractivity contribution < 1.29 is 8.42 Å². The highest BCUT2D eigenvalue weighted by Crippen LogP contribution is 2.60. The molecule has 0 aliphatic heterocycles. The molecule has 21 heavy (non-hydrogen) atoms. The topological polar surface area (TPSA) is 71.1 Å². The van der Waals surface area contributed by atoms with Gasteiger partial charge >= 0.3 is 0 Å². The van der Waals surface area contributed by atoms with Crippen LogP contribution in [0.1, 0.15) is 39.0 Å². The van der Waals surface area contributed by atoms with Gasteiger partial charge in [-0.15, -0.1) is 0 Å². The minimum Gasteiger partial charge on any atom is -0.384 e. The fourth-order valence-corrected chi connectivity index (χ4v) is 4.16. The van der Waals surface area contributed by atoms with E-state index in [-0.39, 0.29) is 10.3 Å². The number of rotatable bonds is 8. The van der Waals surface area contributed by atoms with Gasteiger partial charge in [0, 0.05) is 25.5 Å². The Labute approximate surface area is 126 Å². The van der Waals surface area contributed by atoms with E-state index < -0.39 is 10.0 Å². The molecule has 1 aromatic heterocycles. The summed E-state index contributed by atoms with van der Waals surface area (Å²) in [6, 6.07) is 1.72. The lowest BCUT2D eigenvalue weighted by Gasteiger charge is -2.17. The summed E-state index contributed by atoms with van der Waals surface area (Å²) in [5, 5.41) is 3.16. The third-order valence-electron chi connectivity index (χ3n) is 4.59. The van der Waals surface area contributed by atoms with E-state index in [0.29, 0.717) is 12.2 Å². The van der Waals surface area contributed by atoms with E-state index >= 15 is 0 Å². The summed E-state index contributed by atoms with van der Waals surface area (Å²) in [7, 11) is -3.50. The summed E-state index contributed by atoms with van der Waals surface area (Å²) in [5.74, 6) is 0.742. The third-order valence-corrected chi connectivity index (χ3v) is 6.02. The van der Waals surface area contributed by atoms with E-state index in [2.05, 4.69) is 15.0 Å². The molecule has 5 nitrogen and oxygen atoms in total. The van der Waals surface area contributed by atoms with Crippen molar-refractivity contribution in [2.24, 2.45) is 11.3 Å². The summed E-state index contributed by atoms with van der Waals surface area (Å²) < 4.78 is 27.9. The fourth-order valence-electron chi connectivity index (χ4n) is 2.90. The normalized spacial score (nSPS) is 20.2. The Balaban J connectivity index is 1.72. The van der Waals surface area contributed by atoms with Crippen LogP contribution in [0.5, 0.6) is 0 Å². The molecular formula is C15H23N3O2S. The van der Waals surface area contributed by atoms with E-state index in [1.54, 1.807) is 12.3 Å². The quantitative estimate of drug-likeness (QED) is 0.773. The van der Waals surface area contributed by atoms with Gasteiger partial charge in [-0.1, -0.05) is 6.92 Å². The van der Waals surface area contributed by atoms with Gasteiger partial charge in [0.15, 0.2) is 0 Å². The molecule has 2 saturated carbocycles. The van der Waals surface area contributed by atoms with Crippen LogP contribution in [0.3, 0.4) is 0 Å². The number of aromatic nitrogens is 1. The molecule has 0 radical (unpaired) electrons. The maximum Gasteiger partial charge on any atom is 0.244 e. The second-order valence-corrected chi connectivity index (χ2v) is 8.00. The van der Waals surface area contributed by atoms with Crippen LogP contribution < -0.4 is 10.0 Å². The van der Waals surface area contributed by atoms with Gasteiger partial charge in [0.2, 0.25) is 10.0 Å². The first-order valence-electron chi connectivity index (χ1n) is 7.75. The van der Waals surface area contributed by atoms with E-state index in [4.69, 9.17) is 0 Å². The van der Waals surface area contributed by atoms with Crippen LogP contribution in [0, 0.1) is 11.3 Å². The van der Waals surface area contributed by atoms with Crippen molar-refractivity contribution >= 4 is 15.7 Å². The number of hydrogen-bond donors (Lipinski definition) is 2. The molecule has 2 N–H and O–H groups in total. The zero-order valence-electron chi connectivity index (χ0n) is 12.4. The average Bonchev–Trinajstić information content (AvgIpc) is 3.36. The highest BCUT2D eigenvalue weighted by molar-refractivity contribution is 7.89. The van der Waals surface area contributed by atoms with Crippen LogP contribution in [-0.4, -0.2) is 26.5 Å². The number of pyridine rings is 1. The zero-order valence-corrected chi connectivity index (χ0v) is 13.2. The van der Waals surface area contributed by atoms with Crippen molar-refractivity contribution in [1.82, 2.24) is 9.71 Å². The molecule has 2 aliphatic carbocycles. The number of nitrogens with one attached hydrogen (secondary N) is 2. The Bertz CT molecular complexity index is 607. The predicted molar refractivity (Wildman–Crippen MR) is 82.6 cm³/mol. The Kier molecular flexibility index (Phi) is 3.92. The van der Waals surface area contributed by atoms with Crippen molar-refractivity contribution in [2.45, 2.75) is 43.9 Å². The van der Waals surface area contributed by atoms with Gasteiger partial charge in [-0.3, -0.25) is 4.98 Å². The van der Waals surface area contributed by atoms with Crippen LogP contribution in [0.15, 0.2) is 23.4 Å². The SMILES string of the molecule is CCCNc1ccncc1S(=O)(=O)NCC1(C2CC2)CC1. The van der Waals surface area contributed by atoms with Gasteiger partial charge in [-0.25, -0.2) is 13.1 Å². The summed E-state index contributed by atoms with van der Waals surface area (Å²) in [6.45, 7) is 3.37. The second kappa shape index (κ2) is 5.57. The van der Waals surface area contributed by atoms with E-state index in [0.717, 1.165) is 31.7 Å². The van der Waals surface area contributed by atoms with Crippen molar-refractivity contribution in [2.75, 3.05) is 18.4 Å². The molecule has 1 aromatic rings. The lowest BCUT2D eigenvalue weighted by atomic mass is 10.0. The molecule has 0 atom stereocenters. The maximum absolute atomic E-state index is 12.5. The smallest absolute Gasteiger partial charge is 0.244 e. The first-order chi connectivity index (χ1) is 10.1. The van der Waals surface area contributed by atoms with Crippen LogP contribution in [0.2, 0.25) is 0 Å². The minimum absolute atomic E-state index is 0.255. The maximum atomic E-state index is 12.5. The monoisotopic (exact) mass is 309 g/mol. The molecule has 2 fully saturated rings. The molecule has 6 heteroatoms. The molecular weight excluding hydrogens is 286 g/mol. The van der Waals surface area contributed by atoms with Crippen molar-refractivity contribution in [3.63, 3.8) is 0 Å². The first-order valence-corrected chi connectivity index (χ1v) is 9.23. The molecule has 0 saturated heterocycles. The molecule has 2 aliphatic rings. The van der Waals surface area contributed by atoms with Crippen LogP contribution >= 0.6 is 0 Å². The Morgan fingerprint density at radius 2 is 2.14 bits per heavy atom. The zero-order chi connectivity index (χ0) is 14.9. The molecule has 0 amide bonds. The van der Waals surface area contributed by atoms with Crippen molar-refractivity contribution in [3.8, 4) is 0 Å². The molecule has 0 unspecified atom stereocenters. The lowest BCUT2D eigenvalue weighted by molar-refractivity contribution is 0.432. The Hall–Kier alpha value is -1.14. The van der Waals surface area contributed by atoms with E-state index in [9.17, 15) is 8.42 Å². The lowest BCUT2D eigenvalue weighted by Crippen LogP contribution is -2.31. The number of anilines is 1. The number of sulfonamides is 1. The average molecular weight is 309 g/mol. The Morgan fingerprint density at radius 1 is 1.38 bits per heavy atom. The van der Waals surface area contributed by atoms with Crippen molar-refractivity contribution in [3.05, 3.63) is 18.5 Å². The fraction of sp³-hybridized carbons (Fsp3) is 0.667. The standard InChI is InChI=1S/C15H23N3O2S/c1-2-8-17-13-5-9-16-10-14(13)21(19,20)18-11-15(6-7-15)12-3-4-12/h5,9-10,12,18H,2-4,6-8,11H2,1H3,(H,16,17). The largest absolute Gasteiger partial charge is 0.384 e. The van der Waals surface area contributed by atoms with Crippen LogP contribution in [0.25, 0.3) is 0 Å². The van der Waals surface area contributed by atoms with E-state index in [1.807, 2.05) is 6.92 Å². The predicted octanol–water partition coefficient (Wildman–Crippen LogP) is 2.37.